The van der Waals surface area contributed by atoms with Crippen LogP contribution < -0.4 is 0 Å². The minimum absolute atomic E-state index is 0.0724. The first kappa shape index (κ1) is 13.2. The van der Waals surface area contributed by atoms with Crippen molar-refractivity contribution in [3.63, 3.8) is 0 Å². The minimum atomic E-state index is -0.608. The van der Waals surface area contributed by atoms with Crippen LogP contribution in [0.2, 0.25) is 0 Å². The zero-order valence-electron chi connectivity index (χ0n) is 11.0. The van der Waals surface area contributed by atoms with Crippen molar-refractivity contribution in [2.45, 2.75) is 37.8 Å². The Kier molecular flexibility index (Phi) is 3.04. The molecule has 19 heavy (non-hydrogen) atoms. The fourth-order valence-electron chi connectivity index (χ4n) is 2.44. The second kappa shape index (κ2) is 4.37. The Balaban J connectivity index is 2.08. The summed E-state index contributed by atoms with van der Waals surface area (Å²) in [6.45, 7) is 4.78. The largest absolute Gasteiger partial charge is 0.388 e. The molecule has 0 amide bonds. The molecule has 1 aliphatic carbocycles. The standard InChI is InChI=1S/C14H16Cl2N2O/c1-8-3-11-12(4-9(8)2)18(13(7-19)17-11)6-10-5-14(10,15)16/h3-4,10,19H,5-7H2,1-2H3. The van der Waals surface area contributed by atoms with E-state index in [1.54, 1.807) is 0 Å². The summed E-state index contributed by atoms with van der Waals surface area (Å²) in [5.74, 6) is 0.913. The predicted octanol–water partition coefficient (Wildman–Crippen LogP) is 3.34. The second-order valence-electron chi connectivity index (χ2n) is 5.38. The zero-order valence-corrected chi connectivity index (χ0v) is 12.5. The van der Waals surface area contributed by atoms with E-state index in [9.17, 15) is 5.11 Å². The molecule has 0 bridgehead atoms. The Morgan fingerprint density at radius 3 is 2.58 bits per heavy atom. The monoisotopic (exact) mass is 298 g/mol. The second-order valence-corrected chi connectivity index (χ2v) is 6.93. The van der Waals surface area contributed by atoms with E-state index in [4.69, 9.17) is 23.2 Å². The Morgan fingerprint density at radius 1 is 1.37 bits per heavy atom. The highest BCUT2D eigenvalue weighted by Gasteiger charge is 2.51. The van der Waals surface area contributed by atoms with E-state index in [0.29, 0.717) is 12.4 Å². The van der Waals surface area contributed by atoms with E-state index in [0.717, 1.165) is 17.5 Å². The van der Waals surface area contributed by atoms with Gasteiger partial charge >= 0.3 is 0 Å². The molecule has 0 radical (unpaired) electrons. The van der Waals surface area contributed by atoms with Crippen molar-refractivity contribution in [1.29, 1.82) is 0 Å². The van der Waals surface area contributed by atoms with Gasteiger partial charge in [0.15, 0.2) is 0 Å². The minimum Gasteiger partial charge on any atom is -0.388 e. The zero-order chi connectivity index (χ0) is 13.8. The van der Waals surface area contributed by atoms with Crippen molar-refractivity contribution in [3.05, 3.63) is 29.1 Å². The molecule has 3 rings (SSSR count). The van der Waals surface area contributed by atoms with Crippen LogP contribution in [-0.4, -0.2) is 19.0 Å². The molecule has 1 atom stereocenters. The maximum atomic E-state index is 9.47. The molecule has 0 saturated heterocycles. The van der Waals surface area contributed by atoms with Gasteiger partial charge in [-0.15, -0.1) is 23.2 Å². The van der Waals surface area contributed by atoms with E-state index >= 15 is 0 Å². The number of halogens is 2. The van der Waals surface area contributed by atoms with E-state index in [1.165, 1.54) is 11.1 Å². The Morgan fingerprint density at radius 2 is 2.00 bits per heavy atom. The van der Waals surface area contributed by atoms with Crippen LogP contribution in [0, 0.1) is 19.8 Å². The van der Waals surface area contributed by atoms with Crippen molar-refractivity contribution in [3.8, 4) is 0 Å². The number of aliphatic hydroxyl groups excluding tert-OH is 1. The number of nitrogens with zero attached hydrogens (tertiary/aromatic N) is 2. The number of alkyl halides is 2. The van der Waals surface area contributed by atoms with E-state index in [1.807, 2.05) is 4.57 Å². The lowest BCUT2D eigenvalue weighted by Gasteiger charge is -2.08. The molecule has 1 saturated carbocycles. The SMILES string of the molecule is Cc1cc2nc(CO)n(CC3CC3(Cl)Cl)c2cc1C. The lowest BCUT2D eigenvalue weighted by molar-refractivity contribution is 0.265. The van der Waals surface area contributed by atoms with Gasteiger partial charge in [-0.3, -0.25) is 0 Å². The summed E-state index contributed by atoms with van der Waals surface area (Å²) >= 11 is 12.2. The summed E-state index contributed by atoms with van der Waals surface area (Å²) in [4.78, 5) is 4.49. The molecule has 1 unspecified atom stereocenters. The number of aromatic nitrogens is 2. The molecule has 1 N–H and O–H groups in total. The number of fused-ring (bicyclic) bond motifs is 1. The van der Waals surface area contributed by atoms with Crippen LogP contribution in [-0.2, 0) is 13.2 Å². The Bertz CT molecular complexity index is 648. The molecule has 0 aliphatic heterocycles. The molecule has 1 aliphatic rings. The van der Waals surface area contributed by atoms with Crippen LogP contribution in [0.25, 0.3) is 11.0 Å². The number of imidazole rings is 1. The van der Waals surface area contributed by atoms with Gasteiger partial charge < -0.3 is 9.67 Å². The molecule has 0 spiro atoms. The number of aryl methyl sites for hydroxylation is 2. The quantitative estimate of drug-likeness (QED) is 0.883. The third kappa shape index (κ3) is 2.24. The van der Waals surface area contributed by atoms with E-state index < -0.39 is 4.33 Å². The third-order valence-electron chi connectivity index (χ3n) is 3.94. The lowest BCUT2D eigenvalue weighted by atomic mass is 10.1. The molecule has 102 valence electrons. The van der Waals surface area contributed by atoms with Crippen LogP contribution in [0.3, 0.4) is 0 Å². The third-order valence-corrected chi connectivity index (χ3v) is 4.87. The van der Waals surface area contributed by atoms with Gasteiger partial charge in [-0.2, -0.15) is 0 Å². The molecule has 1 fully saturated rings. The summed E-state index contributed by atoms with van der Waals surface area (Å²) in [5.41, 5.74) is 4.39. The number of hydrogen-bond donors (Lipinski definition) is 1. The summed E-state index contributed by atoms with van der Waals surface area (Å²) in [5, 5.41) is 9.47. The summed E-state index contributed by atoms with van der Waals surface area (Å²) in [7, 11) is 0. The van der Waals surface area contributed by atoms with Gasteiger partial charge in [-0.05, 0) is 43.5 Å². The molecule has 2 aromatic rings. The number of benzene rings is 1. The smallest absolute Gasteiger partial charge is 0.135 e. The lowest BCUT2D eigenvalue weighted by Crippen LogP contribution is -2.08. The average Bonchev–Trinajstić information content (AvgIpc) is 2.80. The fourth-order valence-corrected chi connectivity index (χ4v) is 2.95. The topological polar surface area (TPSA) is 38.1 Å². The first-order valence-electron chi connectivity index (χ1n) is 6.37. The van der Waals surface area contributed by atoms with Gasteiger partial charge in [0.05, 0.1) is 11.0 Å². The van der Waals surface area contributed by atoms with Gasteiger partial charge in [0.25, 0.3) is 0 Å². The van der Waals surface area contributed by atoms with Crippen molar-refractivity contribution in [1.82, 2.24) is 9.55 Å². The van der Waals surface area contributed by atoms with Crippen LogP contribution in [0.1, 0.15) is 23.4 Å². The molecule has 1 aromatic heterocycles. The fraction of sp³-hybridized carbons (Fsp3) is 0.500. The number of aliphatic hydroxyl groups is 1. The summed E-state index contributed by atoms with van der Waals surface area (Å²) < 4.78 is 1.43. The van der Waals surface area contributed by atoms with Gasteiger partial charge in [0.2, 0.25) is 0 Å². The maximum absolute atomic E-state index is 9.47. The maximum Gasteiger partial charge on any atom is 0.135 e. The first-order valence-corrected chi connectivity index (χ1v) is 7.13. The molecular formula is C14H16Cl2N2O. The molecule has 1 heterocycles. The normalized spacial score (nSPS) is 21.0. The highest BCUT2D eigenvalue weighted by Crippen LogP contribution is 2.54. The number of hydrogen-bond acceptors (Lipinski definition) is 2. The molecule has 3 nitrogen and oxygen atoms in total. The van der Waals surface area contributed by atoms with Crippen LogP contribution in [0.4, 0.5) is 0 Å². The van der Waals surface area contributed by atoms with Crippen LogP contribution in [0.5, 0.6) is 0 Å². The first-order chi connectivity index (χ1) is 8.92. The summed E-state index contributed by atoms with van der Waals surface area (Å²) in [6, 6.07) is 4.17. The predicted molar refractivity (Wildman–Crippen MR) is 77.7 cm³/mol. The van der Waals surface area contributed by atoms with Gasteiger partial charge in [-0.1, -0.05) is 0 Å². The molecule has 1 aromatic carbocycles. The van der Waals surface area contributed by atoms with Crippen molar-refractivity contribution in [2.24, 2.45) is 5.92 Å². The molecular weight excluding hydrogens is 283 g/mol. The van der Waals surface area contributed by atoms with Crippen LogP contribution >= 0.6 is 23.2 Å². The highest BCUT2D eigenvalue weighted by atomic mass is 35.5. The highest BCUT2D eigenvalue weighted by molar-refractivity contribution is 6.50. The average molecular weight is 299 g/mol. The number of rotatable bonds is 3. The summed E-state index contributed by atoms with van der Waals surface area (Å²) in [6.07, 6.45) is 0.797. The van der Waals surface area contributed by atoms with Crippen molar-refractivity contribution >= 4 is 34.2 Å². The van der Waals surface area contributed by atoms with Crippen LogP contribution in [0.15, 0.2) is 12.1 Å². The Hall–Kier alpha value is -0.770. The van der Waals surface area contributed by atoms with Gasteiger partial charge in [-0.25, -0.2) is 4.98 Å². The molecule has 5 heteroatoms. The van der Waals surface area contributed by atoms with Gasteiger partial charge in [0.1, 0.15) is 16.8 Å². The van der Waals surface area contributed by atoms with E-state index in [2.05, 4.69) is 31.0 Å². The van der Waals surface area contributed by atoms with Crippen molar-refractivity contribution < 1.29 is 5.11 Å². The van der Waals surface area contributed by atoms with Crippen molar-refractivity contribution in [2.75, 3.05) is 0 Å². The van der Waals surface area contributed by atoms with Gasteiger partial charge in [0, 0.05) is 12.5 Å². The Labute approximate surface area is 122 Å². The van der Waals surface area contributed by atoms with E-state index in [-0.39, 0.29) is 12.5 Å².